The summed E-state index contributed by atoms with van der Waals surface area (Å²) in [6.45, 7) is 3.59. The van der Waals surface area contributed by atoms with Crippen molar-refractivity contribution in [2.45, 2.75) is 51.6 Å². The minimum atomic E-state index is -0.0468. The van der Waals surface area contributed by atoms with E-state index < -0.39 is 0 Å². The molecule has 2 rings (SSSR count). The number of carbonyl (C=O) groups excluding carboxylic acids is 1. The molecule has 2 unspecified atom stereocenters. The van der Waals surface area contributed by atoms with Crippen LogP contribution >= 0.6 is 0 Å². The van der Waals surface area contributed by atoms with Gasteiger partial charge in [-0.15, -0.1) is 0 Å². The molecule has 2 atom stereocenters. The zero-order chi connectivity index (χ0) is 13.8. The Bertz CT molecular complexity index is 459. The standard InChI is InChI=1S/C15H23N3O/c1-10-6-7-14(17-11(2)19)9-15(10)18-13-5-3-4-12(16)8-13/h6-7,9,12-13,18H,3-5,8,16H2,1-2H3,(H,17,19). The van der Waals surface area contributed by atoms with Crippen molar-refractivity contribution in [1.82, 2.24) is 0 Å². The van der Waals surface area contributed by atoms with E-state index in [1.165, 1.54) is 18.9 Å². The zero-order valence-electron chi connectivity index (χ0n) is 11.7. The van der Waals surface area contributed by atoms with E-state index in [0.717, 1.165) is 30.6 Å². The fourth-order valence-corrected chi connectivity index (χ4v) is 2.64. The Morgan fingerprint density at radius 2 is 2.16 bits per heavy atom. The number of benzene rings is 1. The first-order chi connectivity index (χ1) is 9.04. The Morgan fingerprint density at radius 3 is 2.84 bits per heavy atom. The SMILES string of the molecule is CC(=O)Nc1ccc(C)c(NC2CCCC(N)C2)c1. The van der Waals surface area contributed by atoms with Crippen LogP contribution in [0.25, 0.3) is 0 Å². The number of carbonyl (C=O) groups is 1. The summed E-state index contributed by atoms with van der Waals surface area (Å²) in [5, 5.41) is 6.38. The number of anilines is 2. The molecule has 4 N–H and O–H groups in total. The van der Waals surface area contributed by atoms with Gasteiger partial charge in [-0.1, -0.05) is 6.07 Å². The molecule has 0 aliphatic heterocycles. The van der Waals surface area contributed by atoms with Crippen molar-refractivity contribution in [3.8, 4) is 0 Å². The van der Waals surface area contributed by atoms with Crippen molar-refractivity contribution in [1.29, 1.82) is 0 Å². The normalized spacial score (nSPS) is 22.9. The molecule has 1 aliphatic rings. The van der Waals surface area contributed by atoms with Gasteiger partial charge >= 0.3 is 0 Å². The van der Waals surface area contributed by atoms with Crippen LogP contribution in [0.15, 0.2) is 18.2 Å². The maximum atomic E-state index is 11.1. The second-order valence-electron chi connectivity index (χ2n) is 5.48. The molecule has 0 saturated heterocycles. The molecule has 1 aromatic carbocycles. The zero-order valence-corrected chi connectivity index (χ0v) is 11.7. The third kappa shape index (κ3) is 3.96. The summed E-state index contributed by atoms with van der Waals surface area (Å²) >= 11 is 0. The fraction of sp³-hybridized carbons (Fsp3) is 0.533. The number of aryl methyl sites for hydroxylation is 1. The van der Waals surface area contributed by atoms with Gasteiger partial charge in [0, 0.05) is 30.4 Å². The molecule has 0 heterocycles. The molecule has 4 heteroatoms. The third-order valence-corrected chi connectivity index (χ3v) is 3.63. The first kappa shape index (κ1) is 13.9. The maximum absolute atomic E-state index is 11.1. The van der Waals surface area contributed by atoms with Crippen LogP contribution in [0.4, 0.5) is 11.4 Å². The number of amides is 1. The average molecular weight is 261 g/mol. The highest BCUT2D eigenvalue weighted by atomic mass is 16.1. The molecule has 104 valence electrons. The molecule has 19 heavy (non-hydrogen) atoms. The van der Waals surface area contributed by atoms with Gasteiger partial charge in [-0.25, -0.2) is 0 Å². The smallest absolute Gasteiger partial charge is 0.221 e. The van der Waals surface area contributed by atoms with E-state index >= 15 is 0 Å². The highest BCUT2D eigenvalue weighted by Gasteiger charge is 2.19. The van der Waals surface area contributed by atoms with E-state index in [4.69, 9.17) is 5.73 Å². The van der Waals surface area contributed by atoms with Crippen LogP contribution in [0.2, 0.25) is 0 Å². The van der Waals surface area contributed by atoms with Crippen LogP contribution in [0.5, 0.6) is 0 Å². The Hall–Kier alpha value is -1.55. The summed E-state index contributed by atoms with van der Waals surface area (Å²) in [7, 11) is 0. The van der Waals surface area contributed by atoms with Crippen molar-refractivity contribution in [2.24, 2.45) is 5.73 Å². The van der Waals surface area contributed by atoms with Gasteiger partial charge in [0.25, 0.3) is 0 Å². The first-order valence-corrected chi connectivity index (χ1v) is 6.95. The lowest BCUT2D eigenvalue weighted by Gasteiger charge is -2.29. The highest BCUT2D eigenvalue weighted by molar-refractivity contribution is 5.89. The topological polar surface area (TPSA) is 67.2 Å². The molecule has 1 saturated carbocycles. The fourth-order valence-electron chi connectivity index (χ4n) is 2.64. The molecule has 0 bridgehead atoms. The number of nitrogens with one attached hydrogen (secondary N) is 2. The average Bonchev–Trinajstić information content (AvgIpc) is 2.33. The van der Waals surface area contributed by atoms with Gasteiger partial charge < -0.3 is 16.4 Å². The molecule has 1 fully saturated rings. The van der Waals surface area contributed by atoms with Gasteiger partial charge in [0.1, 0.15) is 0 Å². The molecule has 0 spiro atoms. The lowest BCUT2D eigenvalue weighted by atomic mass is 9.91. The summed E-state index contributed by atoms with van der Waals surface area (Å²) in [5.74, 6) is -0.0468. The van der Waals surface area contributed by atoms with Gasteiger partial charge in [-0.2, -0.15) is 0 Å². The van der Waals surface area contributed by atoms with Crippen molar-refractivity contribution in [3.63, 3.8) is 0 Å². The molecule has 1 aliphatic carbocycles. The van der Waals surface area contributed by atoms with Crippen LogP contribution in [-0.4, -0.2) is 18.0 Å². The molecule has 0 aromatic heterocycles. The molecule has 1 aromatic rings. The second kappa shape index (κ2) is 6.06. The first-order valence-electron chi connectivity index (χ1n) is 6.95. The van der Waals surface area contributed by atoms with Crippen molar-refractivity contribution in [2.75, 3.05) is 10.6 Å². The monoisotopic (exact) mass is 261 g/mol. The maximum Gasteiger partial charge on any atom is 0.221 e. The van der Waals surface area contributed by atoms with E-state index in [1.54, 1.807) is 0 Å². The van der Waals surface area contributed by atoms with Gasteiger partial charge in [-0.05, 0) is 50.3 Å². The van der Waals surface area contributed by atoms with Gasteiger partial charge in [0.15, 0.2) is 0 Å². The van der Waals surface area contributed by atoms with E-state index in [9.17, 15) is 4.79 Å². The summed E-state index contributed by atoms with van der Waals surface area (Å²) in [6, 6.07) is 6.70. The summed E-state index contributed by atoms with van der Waals surface area (Å²) in [4.78, 5) is 11.1. The van der Waals surface area contributed by atoms with E-state index in [2.05, 4.69) is 17.6 Å². The molecular weight excluding hydrogens is 238 g/mol. The van der Waals surface area contributed by atoms with Crippen molar-refractivity contribution >= 4 is 17.3 Å². The lowest BCUT2D eigenvalue weighted by molar-refractivity contribution is -0.114. The Kier molecular flexibility index (Phi) is 4.43. The minimum Gasteiger partial charge on any atom is -0.382 e. The predicted octanol–water partition coefficient (Wildman–Crippen LogP) is 2.64. The third-order valence-electron chi connectivity index (χ3n) is 3.63. The Labute approximate surface area is 114 Å². The van der Waals surface area contributed by atoms with Crippen LogP contribution in [0, 0.1) is 6.92 Å². The van der Waals surface area contributed by atoms with E-state index in [0.29, 0.717) is 12.1 Å². The van der Waals surface area contributed by atoms with E-state index in [1.807, 2.05) is 18.2 Å². The number of nitrogens with two attached hydrogens (primary N) is 1. The molecule has 1 amide bonds. The summed E-state index contributed by atoms with van der Waals surface area (Å²) in [5.41, 5.74) is 9.13. The molecule has 4 nitrogen and oxygen atoms in total. The van der Waals surface area contributed by atoms with Crippen LogP contribution in [0.3, 0.4) is 0 Å². The predicted molar refractivity (Wildman–Crippen MR) is 79.3 cm³/mol. The van der Waals surface area contributed by atoms with Crippen molar-refractivity contribution in [3.05, 3.63) is 23.8 Å². The summed E-state index contributed by atoms with van der Waals surface area (Å²) in [6.07, 6.45) is 4.49. The second-order valence-corrected chi connectivity index (χ2v) is 5.48. The molecular formula is C15H23N3O. The van der Waals surface area contributed by atoms with Crippen LogP contribution < -0.4 is 16.4 Å². The van der Waals surface area contributed by atoms with Crippen LogP contribution in [0.1, 0.15) is 38.2 Å². The van der Waals surface area contributed by atoms with Gasteiger partial charge in [0.2, 0.25) is 5.91 Å². The largest absolute Gasteiger partial charge is 0.382 e. The molecule has 0 radical (unpaired) electrons. The Morgan fingerprint density at radius 1 is 1.37 bits per heavy atom. The Balaban J connectivity index is 2.07. The highest BCUT2D eigenvalue weighted by Crippen LogP contribution is 2.25. The number of hydrogen-bond donors (Lipinski definition) is 3. The van der Waals surface area contributed by atoms with E-state index in [-0.39, 0.29) is 5.91 Å². The quantitative estimate of drug-likeness (QED) is 0.783. The minimum absolute atomic E-state index is 0.0468. The number of hydrogen-bond acceptors (Lipinski definition) is 3. The van der Waals surface area contributed by atoms with Gasteiger partial charge in [0.05, 0.1) is 0 Å². The van der Waals surface area contributed by atoms with Gasteiger partial charge in [-0.3, -0.25) is 4.79 Å². The summed E-state index contributed by atoms with van der Waals surface area (Å²) < 4.78 is 0. The van der Waals surface area contributed by atoms with Crippen molar-refractivity contribution < 1.29 is 4.79 Å². The van der Waals surface area contributed by atoms with Crippen LogP contribution in [-0.2, 0) is 4.79 Å². The number of rotatable bonds is 3. The lowest BCUT2D eigenvalue weighted by Crippen LogP contribution is -2.35.